The molecule has 1 rings (SSSR count). The quantitative estimate of drug-likeness (QED) is 0.632. The van der Waals surface area contributed by atoms with E-state index in [0.717, 1.165) is 23.7 Å². The lowest BCUT2D eigenvalue weighted by Crippen LogP contribution is -2.09. The third kappa shape index (κ3) is 5.04. The van der Waals surface area contributed by atoms with Gasteiger partial charge in [0, 0.05) is 12.7 Å². The third-order valence-corrected chi connectivity index (χ3v) is 2.25. The molecule has 0 heterocycles. The lowest BCUT2D eigenvalue weighted by Gasteiger charge is -2.11. The molecule has 0 fully saturated rings. The Kier molecular flexibility index (Phi) is 5.98. The van der Waals surface area contributed by atoms with Crippen molar-refractivity contribution in [2.24, 2.45) is 4.99 Å². The number of benzene rings is 1. The van der Waals surface area contributed by atoms with E-state index in [2.05, 4.69) is 23.3 Å². The predicted molar refractivity (Wildman–Crippen MR) is 78.6 cm³/mol. The lowest BCUT2D eigenvalue weighted by molar-refractivity contribution is 0.242. The molecule has 98 valence electrons. The maximum Gasteiger partial charge on any atom is 0.124 e. The van der Waals surface area contributed by atoms with Crippen LogP contribution in [0.2, 0.25) is 0 Å². The van der Waals surface area contributed by atoms with Crippen molar-refractivity contribution < 1.29 is 4.74 Å². The van der Waals surface area contributed by atoms with Crippen LogP contribution in [0.25, 0.3) is 0 Å². The second-order valence-corrected chi connectivity index (χ2v) is 4.24. The van der Waals surface area contributed by atoms with Gasteiger partial charge in [-0.3, -0.25) is 4.99 Å². The maximum atomic E-state index is 5.59. The molecule has 0 spiro atoms. The van der Waals surface area contributed by atoms with Crippen LogP contribution in [0.1, 0.15) is 27.2 Å². The van der Waals surface area contributed by atoms with Gasteiger partial charge in [0.1, 0.15) is 11.6 Å². The number of hydrogen-bond acceptors (Lipinski definition) is 2. The lowest BCUT2D eigenvalue weighted by atomic mass is 10.3. The fraction of sp³-hybridized carbons (Fsp3) is 0.400. The molecule has 0 aliphatic rings. The molecule has 0 radical (unpaired) electrons. The second-order valence-electron chi connectivity index (χ2n) is 4.24. The fourth-order valence-electron chi connectivity index (χ4n) is 1.44. The second kappa shape index (κ2) is 7.54. The summed E-state index contributed by atoms with van der Waals surface area (Å²) in [4.78, 5) is 4.18. The number of aliphatic imine (C=N–C) groups is 1. The summed E-state index contributed by atoms with van der Waals surface area (Å²) in [6.07, 6.45) is 5.26. The van der Waals surface area contributed by atoms with Crippen LogP contribution in [-0.4, -0.2) is 19.0 Å². The van der Waals surface area contributed by atoms with Crippen molar-refractivity contribution in [3.8, 4) is 5.75 Å². The normalized spacial score (nSPS) is 12.2. The zero-order valence-electron chi connectivity index (χ0n) is 11.6. The SMILES string of the molecule is CCC=CC(=NC)Nc1ccc(OC(C)C)cc1. The maximum absolute atomic E-state index is 5.59. The number of rotatable bonds is 5. The molecule has 0 saturated carbocycles. The highest BCUT2D eigenvalue weighted by atomic mass is 16.5. The molecule has 18 heavy (non-hydrogen) atoms. The Morgan fingerprint density at radius 3 is 2.50 bits per heavy atom. The van der Waals surface area contributed by atoms with Crippen molar-refractivity contribution in [1.29, 1.82) is 0 Å². The highest BCUT2D eigenvalue weighted by Gasteiger charge is 1.99. The molecule has 0 atom stereocenters. The molecule has 0 amide bonds. The minimum atomic E-state index is 0.198. The molecule has 3 heteroatoms. The minimum Gasteiger partial charge on any atom is -0.491 e. The Morgan fingerprint density at radius 1 is 1.33 bits per heavy atom. The highest BCUT2D eigenvalue weighted by Crippen LogP contribution is 2.17. The number of nitrogens with one attached hydrogen (secondary N) is 1. The molecule has 1 aromatic rings. The number of hydrogen-bond donors (Lipinski definition) is 1. The molecule has 0 bridgehead atoms. The standard InChI is InChI=1S/C15H22N2O/c1-5-6-7-15(16-4)17-13-8-10-14(11-9-13)18-12(2)3/h6-12H,5H2,1-4H3,(H,16,17). The number of ether oxygens (including phenoxy) is 1. The van der Waals surface area contributed by atoms with Crippen molar-refractivity contribution in [3.63, 3.8) is 0 Å². The molecule has 0 aliphatic heterocycles. The number of anilines is 1. The van der Waals surface area contributed by atoms with Crippen molar-refractivity contribution in [2.75, 3.05) is 12.4 Å². The van der Waals surface area contributed by atoms with E-state index in [-0.39, 0.29) is 6.10 Å². The van der Waals surface area contributed by atoms with Crippen molar-refractivity contribution in [1.82, 2.24) is 0 Å². The summed E-state index contributed by atoms with van der Waals surface area (Å²) in [7, 11) is 1.78. The summed E-state index contributed by atoms with van der Waals surface area (Å²) in [6, 6.07) is 7.89. The zero-order valence-corrected chi connectivity index (χ0v) is 11.6. The van der Waals surface area contributed by atoms with E-state index in [9.17, 15) is 0 Å². The Bertz CT molecular complexity index is 405. The number of nitrogens with zero attached hydrogens (tertiary/aromatic N) is 1. The van der Waals surface area contributed by atoms with Gasteiger partial charge in [-0.15, -0.1) is 0 Å². The first-order valence-corrected chi connectivity index (χ1v) is 6.32. The van der Waals surface area contributed by atoms with Gasteiger partial charge in [0.25, 0.3) is 0 Å². The summed E-state index contributed by atoms with van der Waals surface area (Å²) in [5.41, 5.74) is 1.01. The van der Waals surface area contributed by atoms with Gasteiger partial charge in [-0.05, 0) is 50.6 Å². The van der Waals surface area contributed by atoms with E-state index in [1.165, 1.54) is 0 Å². The molecule has 0 aliphatic carbocycles. The fourth-order valence-corrected chi connectivity index (χ4v) is 1.44. The van der Waals surface area contributed by atoms with E-state index in [1.807, 2.05) is 44.2 Å². The summed E-state index contributed by atoms with van der Waals surface area (Å²) in [6.45, 7) is 6.13. The van der Waals surface area contributed by atoms with E-state index >= 15 is 0 Å². The topological polar surface area (TPSA) is 33.6 Å². The van der Waals surface area contributed by atoms with Crippen LogP contribution in [0.3, 0.4) is 0 Å². The predicted octanol–water partition coefficient (Wildman–Crippen LogP) is 3.88. The van der Waals surface area contributed by atoms with E-state index in [4.69, 9.17) is 4.74 Å². The van der Waals surface area contributed by atoms with E-state index < -0.39 is 0 Å². The summed E-state index contributed by atoms with van der Waals surface area (Å²) in [5, 5.41) is 3.25. The van der Waals surface area contributed by atoms with Crippen molar-refractivity contribution >= 4 is 11.5 Å². The first-order valence-electron chi connectivity index (χ1n) is 6.32. The van der Waals surface area contributed by atoms with Crippen LogP contribution in [0.4, 0.5) is 5.69 Å². The molecule has 1 aromatic carbocycles. The van der Waals surface area contributed by atoms with Crippen LogP contribution >= 0.6 is 0 Å². The first kappa shape index (κ1) is 14.3. The molecule has 0 unspecified atom stereocenters. The molecular weight excluding hydrogens is 224 g/mol. The van der Waals surface area contributed by atoms with Gasteiger partial charge >= 0.3 is 0 Å². The summed E-state index contributed by atoms with van der Waals surface area (Å²) >= 11 is 0. The molecule has 0 saturated heterocycles. The van der Waals surface area contributed by atoms with Crippen LogP contribution in [0.15, 0.2) is 41.4 Å². The van der Waals surface area contributed by atoms with Crippen molar-refractivity contribution in [3.05, 3.63) is 36.4 Å². The summed E-state index contributed by atoms with van der Waals surface area (Å²) in [5.74, 6) is 1.74. The monoisotopic (exact) mass is 246 g/mol. The molecule has 3 nitrogen and oxygen atoms in total. The van der Waals surface area contributed by atoms with Crippen molar-refractivity contribution in [2.45, 2.75) is 33.3 Å². The zero-order chi connectivity index (χ0) is 13.4. The first-order chi connectivity index (χ1) is 8.65. The Balaban J connectivity index is 2.65. The van der Waals surface area contributed by atoms with Gasteiger partial charge in [0.2, 0.25) is 0 Å². The van der Waals surface area contributed by atoms with Gasteiger partial charge in [0.05, 0.1) is 6.10 Å². The molecule has 0 aromatic heterocycles. The van der Waals surface area contributed by atoms with Crippen LogP contribution in [0, 0.1) is 0 Å². The average Bonchev–Trinajstić information content (AvgIpc) is 2.36. The Hall–Kier alpha value is -1.77. The van der Waals surface area contributed by atoms with E-state index in [0.29, 0.717) is 0 Å². The largest absolute Gasteiger partial charge is 0.491 e. The van der Waals surface area contributed by atoms with Crippen LogP contribution in [0.5, 0.6) is 5.75 Å². The number of amidine groups is 1. The van der Waals surface area contributed by atoms with E-state index in [1.54, 1.807) is 7.05 Å². The molecule has 1 N–H and O–H groups in total. The van der Waals surface area contributed by atoms with Gasteiger partial charge in [0.15, 0.2) is 0 Å². The Morgan fingerprint density at radius 2 is 2.00 bits per heavy atom. The van der Waals surface area contributed by atoms with Gasteiger partial charge in [-0.25, -0.2) is 0 Å². The smallest absolute Gasteiger partial charge is 0.124 e. The van der Waals surface area contributed by atoms with Gasteiger partial charge in [-0.1, -0.05) is 13.0 Å². The summed E-state index contributed by atoms with van der Waals surface area (Å²) < 4.78 is 5.59. The van der Waals surface area contributed by atoms with Gasteiger partial charge in [-0.2, -0.15) is 0 Å². The van der Waals surface area contributed by atoms with Crippen LogP contribution in [-0.2, 0) is 0 Å². The van der Waals surface area contributed by atoms with Crippen LogP contribution < -0.4 is 10.1 Å². The minimum absolute atomic E-state index is 0.198. The highest BCUT2D eigenvalue weighted by molar-refractivity contribution is 6.03. The third-order valence-electron chi connectivity index (χ3n) is 2.25. The number of allylic oxidation sites excluding steroid dienone is 1. The average molecular weight is 246 g/mol. The molecular formula is C15H22N2O. The Labute approximate surface area is 110 Å². The van der Waals surface area contributed by atoms with Gasteiger partial charge < -0.3 is 10.1 Å².